The molecule has 0 N–H and O–H groups in total. The zero-order valence-corrected chi connectivity index (χ0v) is 13.6. The number of carboxylic acids is 3. The second-order valence-corrected chi connectivity index (χ2v) is 3.75. The number of carboxylic acid groups (broad SMARTS) is 3. The van der Waals surface area contributed by atoms with Crippen LogP contribution in [0.15, 0.2) is 0 Å². The van der Waals surface area contributed by atoms with E-state index in [1.165, 1.54) is 20.8 Å². The third kappa shape index (κ3) is 52.0. The van der Waals surface area contributed by atoms with E-state index in [4.69, 9.17) is 0 Å². The number of hydrogen-bond donors (Lipinski definition) is 0. The van der Waals surface area contributed by atoms with Gasteiger partial charge >= 0.3 is 18.6 Å². The fraction of sp³-hybridized carbons (Fsp3) is 0.500. The first kappa shape index (κ1) is 28.2. The largest absolute Gasteiger partial charge is 3.00 e. The summed E-state index contributed by atoms with van der Waals surface area (Å²) in [6, 6.07) is 0. The summed E-state index contributed by atoms with van der Waals surface area (Å²) in [6.45, 7) is 3.61. The Morgan fingerprint density at radius 1 is 0.545 bits per heavy atom. The summed E-state index contributed by atoms with van der Waals surface area (Å²) < 4.78 is 0. The molecule has 0 spiro atoms. The molecule has 0 heterocycles. The second kappa shape index (κ2) is 17.1. The van der Waals surface area contributed by atoms with Crippen LogP contribution in [0.5, 0.6) is 0 Å². The van der Waals surface area contributed by atoms with Crippen molar-refractivity contribution in [1.82, 2.24) is 0 Å². The molecule has 0 aromatic rings. The minimum absolute atomic E-state index is 0. The predicted octanol–water partition coefficient (Wildman–Crippen LogP) is -3.86. The molecule has 0 fully saturated rings. The zero-order chi connectivity index (χ0) is 17.6. The Bertz CT molecular complexity index is 317. The molecule has 0 rings (SSSR count). The third-order valence-electron chi connectivity index (χ3n) is 1.18. The van der Waals surface area contributed by atoms with E-state index in [1.54, 1.807) is 0 Å². The second-order valence-electron chi connectivity index (χ2n) is 3.75. The summed E-state index contributed by atoms with van der Waals surface area (Å²) >= 11 is 0. The SMILES string of the molecule is CC(=O)CC(=O)[O-].CC(=O)CC(=O)[O-].CC(=O)CC(=O)[O-].[V+3]. The van der Waals surface area contributed by atoms with Gasteiger partial charge in [0.15, 0.2) is 0 Å². The van der Waals surface area contributed by atoms with Gasteiger partial charge in [0.25, 0.3) is 0 Å². The van der Waals surface area contributed by atoms with Gasteiger partial charge < -0.3 is 29.7 Å². The van der Waals surface area contributed by atoms with E-state index in [2.05, 4.69) is 0 Å². The van der Waals surface area contributed by atoms with Gasteiger partial charge in [0.2, 0.25) is 0 Å². The molecule has 0 aliphatic rings. The molecule has 0 aliphatic heterocycles. The van der Waals surface area contributed by atoms with Gasteiger partial charge in [-0.2, -0.15) is 0 Å². The number of carbonyl (C=O) groups is 6. The number of ketones is 3. The molecule has 0 aliphatic carbocycles. The zero-order valence-electron chi connectivity index (χ0n) is 12.2. The Balaban J connectivity index is -0.000000108. The van der Waals surface area contributed by atoms with Crippen LogP contribution in [0.3, 0.4) is 0 Å². The minimum atomic E-state index is -1.31. The molecular weight excluding hydrogens is 339 g/mol. The molecule has 10 heteroatoms. The molecular formula is C12H15O9V. The molecule has 0 bridgehead atoms. The van der Waals surface area contributed by atoms with Crippen LogP contribution in [-0.4, -0.2) is 35.3 Å². The van der Waals surface area contributed by atoms with Crippen LogP contribution in [-0.2, 0) is 47.3 Å². The Kier molecular flexibility index (Phi) is 21.9. The van der Waals surface area contributed by atoms with Gasteiger partial charge in [-0.25, -0.2) is 0 Å². The standard InChI is InChI=1S/3C4H6O3.V/c3*1-3(5)2-4(6)7;/h3*2H2,1H3,(H,6,7);/q;;;+3/p-3. The summed E-state index contributed by atoms with van der Waals surface area (Å²) in [4.78, 5) is 57.9. The van der Waals surface area contributed by atoms with Crippen LogP contribution in [0.4, 0.5) is 0 Å². The number of carbonyl (C=O) groups excluding carboxylic acids is 6. The van der Waals surface area contributed by atoms with Crippen molar-refractivity contribution in [3.05, 3.63) is 0 Å². The molecule has 22 heavy (non-hydrogen) atoms. The molecule has 0 atom stereocenters. The molecule has 0 saturated heterocycles. The number of hydrogen-bond acceptors (Lipinski definition) is 9. The monoisotopic (exact) mass is 354 g/mol. The predicted molar refractivity (Wildman–Crippen MR) is 60.9 cm³/mol. The van der Waals surface area contributed by atoms with Crippen molar-refractivity contribution in [2.75, 3.05) is 0 Å². The molecule has 0 aromatic carbocycles. The third-order valence-corrected chi connectivity index (χ3v) is 1.18. The molecule has 122 valence electrons. The van der Waals surface area contributed by atoms with Crippen molar-refractivity contribution in [3.8, 4) is 0 Å². The Hall–Kier alpha value is -2.00. The van der Waals surface area contributed by atoms with Crippen molar-refractivity contribution in [3.63, 3.8) is 0 Å². The topological polar surface area (TPSA) is 172 Å². The Morgan fingerprint density at radius 2 is 0.682 bits per heavy atom. The number of rotatable bonds is 6. The molecule has 0 aromatic heterocycles. The van der Waals surface area contributed by atoms with Gasteiger partial charge in [-0.15, -0.1) is 0 Å². The summed E-state index contributed by atoms with van der Waals surface area (Å²) in [6.07, 6.45) is -1.42. The quantitative estimate of drug-likeness (QED) is 0.433. The molecule has 0 saturated carbocycles. The van der Waals surface area contributed by atoms with Crippen LogP contribution >= 0.6 is 0 Å². The summed E-state index contributed by atoms with van der Waals surface area (Å²) in [7, 11) is 0. The maximum Gasteiger partial charge on any atom is 3.00 e. The van der Waals surface area contributed by atoms with E-state index in [-0.39, 0.29) is 35.9 Å². The Labute approximate surface area is 138 Å². The summed E-state index contributed by atoms with van der Waals surface area (Å²) in [5.74, 6) is -5.06. The van der Waals surface area contributed by atoms with Crippen LogP contribution in [0.1, 0.15) is 40.0 Å². The van der Waals surface area contributed by atoms with Crippen LogP contribution in [0, 0.1) is 0 Å². The first-order valence-electron chi connectivity index (χ1n) is 5.46. The fourth-order valence-corrected chi connectivity index (χ4v) is 0.610. The van der Waals surface area contributed by atoms with E-state index in [9.17, 15) is 44.1 Å². The molecule has 0 unspecified atom stereocenters. The first-order valence-corrected chi connectivity index (χ1v) is 5.46. The maximum atomic E-state index is 9.83. The maximum absolute atomic E-state index is 9.83. The van der Waals surface area contributed by atoms with Crippen LogP contribution in [0.2, 0.25) is 0 Å². The van der Waals surface area contributed by atoms with E-state index in [0.29, 0.717) is 0 Å². The van der Waals surface area contributed by atoms with E-state index in [0.717, 1.165) is 0 Å². The fourth-order valence-electron chi connectivity index (χ4n) is 0.610. The van der Waals surface area contributed by atoms with E-state index < -0.39 is 37.2 Å². The van der Waals surface area contributed by atoms with Gasteiger partial charge in [0.1, 0.15) is 17.3 Å². The van der Waals surface area contributed by atoms with Crippen molar-refractivity contribution in [2.24, 2.45) is 0 Å². The van der Waals surface area contributed by atoms with Gasteiger partial charge in [-0.1, -0.05) is 0 Å². The Morgan fingerprint density at radius 3 is 0.682 bits per heavy atom. The van der Waals surface area contributed by atoms with Crippen molar-refractivity contribution < 1.29 is 62.6 Å². The average Bonchev–Trinajstić information content (AvgIpc) is 2.10. The van der Waals surface area contributed by atoms with Crippen molar-refractivity contribution in [1.29, 1.82) is 0 Å². The van der Waals surface area contributed by atoms with Crippen LogP contribution in [0.25, 0.3) is 0 Å². The van der Waals surface area contributed by atoms with Gasteiger partial charge in [0.05, 0.1) is 0 Å². The molecule has 0 amide bonds. The molecule has 9 nitrogen and oxygen atoms in total. The van der Waals surface area contributed by atoms with E-state index >= 15 is 0 Å². The normalized spacial score (nSPS) is 7.77. The summed E-state index contributed by atoms with van der Waals surface area (Å²) in [5, 5.41) is 28.4. The number of Topliss-reactive ketones (excluding diaryl/α,β-unsaturated/α-hetero) is 3. The van der Waals surface area contributed by atoms with Crippen LogP contribution < -0.4 is 15.3 Å². The number of aliphatic carboxylic acids is 3. The van der Waals surface area contributed by atoms with E-state index in [1.807, 2.05) is 0 Å². The van der Waals surface area contributed by atoms with Crippen molar-refractivity contribution in [2.45, 2.75) is 40.0 Å². The van der Waals surface area contributed by atoms with Crippen molar-refractivity contribution >= 4 is 35.3 Å². The molecule has 0 radical (unpaired) electrons. The minimum Gasteiger partial charge on any atom is -0.550 e. The summed E-state index contributed by atoms with van der Waals surface area (Å²) in [5.41, 5.74) is 0. The van der Waals surface area contributed by atoms with Gasteiger partial charge in [-0.3, -0.25) is 14.4 Å². The smallest absolute Gasteiger partial charge is 0.550 e. The van der Waals surface area contributed by atoms with Gasteiger partial charge in [0, 0.05) is 37.2 Å². The average molecular weight is 354 g/mol. The first-order chi connectivity index (χ1) is 9.38. The van der Waals surface area contributed by atoms with Gasteiger partial charge in [-0.05, 0) is 20.8 Å².